The largest absolute Gasteiger partial charge is 0.373 e. The lowest BCUT2D eigenvalue weighted by atomic mass is 10.1. The third-order valence-electron chi connectivity index (χ3n) is 2.40. The average molecular weight is 162 g/mol. The summed E-state index contributed by atoms with van der Waals surface area (Å²) < 4.78 is 0. The summed E-state index contributed by atoms with van der Waals surface area (Å²) in [4.78, 5) is 0. The fourth-order valence-electron chi connectivity index (χ4n) is 1.80. The highest BCUT2D eigenvalue weighted by Crippen LogP contribution is 2.24. The normalized spacial score (nSPS) is 14.4. The Balaban J connectivity index is 2.26. The first-order valence-electron chi connectivity index (χ1n) is 4.46. The van der Waals surface area contributed by atoms with Crippen molar-refractivity contribution in [2.24, 2.45) is 5.73 Å². The number of nitrogens with two attached hydrogens (primary N) is 1. The molecule has 0 bridgehead atoms. The summed E-state index contributed by atoms with van der Waals surface area (Å²) in [6, 6.07) is 6.53. The van der Waals surface area contributed by atoms with Crippen LogP contribution in [0.3, 0.4) is 0 Å². The highest BCUT2D eigenvalue weighted by atomic mass is 15.0. The maximum atomic E-state index is 5.39. The second kappa shape index (κ2) is 3.15. The second-order valence-electron chi connectivity index (χ2n) is 3.22. The van der Waals surface area contributed by atoms with Crippen molar-refractivity contribution in [3.05, 3.63) is 29.3 Å². The summed E-state index contributed by atoms with van der Waals surface area (Å²) in [6.45, 7) is 0.513. The Bertz CT molecular complexity index is 281. The molecule has 1 aromatic carbocycles. The molecule has 3 N–H and O–H groups in total. The van der Waals surface area contributed by atoms with Gasteiger partial charge in [-0.05, 0) is 42.5 Å². The molecular formula is C10H14N2. The summed E-state index contributed by atoms with van der Waals surface area (Å²) in [5, 5.41) is 3.12. The van der Waals surface area contributed by atoms with Crippen LogP contribution in [0.5, 0.6) is 0 Å². The van der Waals surface area contributed by atoms with Crippen LogP contribution in [0.15, 0.2) is 18.2 Å². The molecule has 0 saturated carbocycles. The number of aryl methyl sites for hydroxylation is 2. The first-order valence-corrected chi connectivity index (χ1v) is 4.46. The molecule has 0 unspecified atom stereocenters. The summed E-state index contributed by atoms with van der Waals surface area (Å²) in [7, 11) is 0. The molecule has 0 atom stereocenters. The summed E-state index contributed by atoms with van der Waals surface area (Å²) in [6.07, 6.45) is 3.79. The molecule has 0 radical (unpaired) electrons. The fraction of sp³-hybridized carbons (Fsp3) is 0.400. The fourth-order valence-corrected chi connectivity index (χ4v) is 1.80. The lowest BCUT2D eigenvalue weighted by Gasteiger charge is -2.05. The van der Waals surface area contributed by atoms with Gasteiger partial charge in [0.1, 0.15) is 0 Å². The molecule has 2 nitrogen and oxygen atoms in total. The van der Waals surface area contributed by atoms with Crippen molar-refractivity contribution in [3.63, 3.8) is 0 Å². The predicted octanol–water partition coefficient (Wildman–Crippen LogP) is 1.50. The van der Waals surface area contributed by atoms with E-state index in [1.165, 1.54) is 30.4 Å². The molecule has 1 aliphatic carbocycles. The van der Waals surface area contributed by atoms with E-state index in [-0.39, 0.29) is 0 Å². The Morgan fingerprint density at radius 3 is 2.92 bits per heavy atom. The highest BCUT2D eigenvalue weighted by Gasteiger charge is 2.09. The molecule has 0 amide bonds. The summed E-state index contributed by atoms with van der Waals surface area (Å²) in [5.74, 6) is 0. The van der Waals surface area contributed by atoms with Gasteiger partial charge in [-0.2, -0.15) is 0 Å². The average Bonchev–Trinajstić information content (AvgIpc) is 2.51. The van der Waals surface area contributed by atoms with E-state index in [0.717, 1.165) is 5.69 Å². The van der Waals surface area contributed by atoms with Gasteiger partial charge in [0.05, 0.1) is 6.67 Å². The Kier molecular flexibility index (Phi) is 2.00. The first-order chi connectivity index (χ1) is 5.90. The summed E-state index contributed by atoms with van der Waals surface area (Å²) >= 11 is 0. The number of rotatable bonds is 2. The Hall–Kier alpha value is -1.02. The topological polar surface area (TPSA) is 38.0 Å². The maximum absolute atomic E-state index is 5.39. The third-order valence-corrected chi connectivity index (χ3v) is 2.40. The minimum Gasteiger partial charge on any atom is -0.373 e. The molecule has 0 spiro atoms. The zero-order chi connectivity index (χ0) is 8.39. The molecular weight excluding hydrogens is 148 g/mol. The van der Waals surface area contributed by atoms with Crippen LogP contribution in [-0.4, -0.2) is 6.67 Å². The smallest absolute Gasteiger partial charge is 0.0628 e. The van der Waals surface area contributed by atoms with Gasteiger partial charge in [0.15, 0.2) is 0 Å². The predicted molar refractivity (Wildman–Crippen MR) is 51.1 cm³/mol. The van der Waals surface area contributed by atoms with E-state index in [0.29, 0.717) is 6.67 Å². The van der Waals surface area contributed by atoms with Gasteiger partial charge < -0.3 is 11.1 Å². The summed E-state index contributed by atoms with van der Waals surface area (Å²) in [5.41, 5.74) is 9.55. The van der Waals surface area contributed by atoms with Crippen molar-refractivity contribution in [2.75, 3.05) is 12.0 Å². The van der Waals surface area contributed by atoms with Gasteiger partial charge in [-0.3, -0.25) is 0 Å². The maximum Gasteiger partial charge on any atom is 0.0628 e. The molecule has 0 saturated heterocycles. The molecule has 0 aliphatic heterocycles. The first kappa shape index (κ1) is 7.62. The van der Waals surface area contributed by atoms with Crippen molar-refractivity contribution in [3.8, 4) is 0 Å². The zero-order valence-electron chi connectivity index (χ0n) is 7.14. The molecule has 1 aromatic rings. The van der Waals surface area contributed by atoms with Crippen LogP contribution in [-0.2, 0) is 12.8 Å². The number of nitrogens with one attached hydrogen (secondary N) is 1. The minimum absolute atomic E-state index is 0.513. The van der Waals surface area contributed by atoms with E-state index in [4.69, 9.17) is 5.73 Å². The van der Waals surface area contributed by atoms with Gasteiger partial charge in [-0.25, -0.2) is 0 Å². The van der Waals surface area contributed by atoms with Crippen molar-refractivity contribution in [1.29, 1.82) is 0 Å². The number of anilines is 1. The molecule has 2 rings (SSSR count). The standard InChI is InChI=1S/C10H14N2/c11-7-12-10-5-4-8-2-1-3-9(8)6-10/h4-6,12H,1-3,7,11H2. The van der Waals surface area contributed by atoms with E-state index in [1.54, 1.807) is 0 Å². The third kappa shape index (κ3) is 1.30. The number of hydrogen-bond donors (Lipinski definition) is 2. The molecule has 0 aromatic heterocycles. The lowest BCUT2D eigenvalue weighted by molar-refractivity contribution is 0.912. The molecule has 1 aliphatic rings. The van der Waals surface area contributed by atoms with E-state index in [1.807, 2.05) is 0 Å². The second-order valence-corrected chi connectivity index (χ2v) is 3.22. The van der Waals surface area contributed by atoms with Crippen LogP contribution in [0.2, 0.25) is 0 Å². The van der Waals surface area contributed by atoms with Crippen molar-refractivity contribution < 1.29 is 0 Å². The quantitative estimate of drug-likeness (QED) is 0.647. The SMILES string of the molecule is NCNc1ccc2c(c1)CCC2. The zero-order valence-corrected chi connectivity index (χ0v) is 7.14. The van der Waals surface area contributed by atoms with E-state index < -0.39 is 0 Å². The molecule has 64 valence electrons. The Morgan fingerprint density at radius 2 is 2.08 bits per heavy atom. The molecule has 0 heterocycles. The van der Waals surface area contributed by atoms with Crippen LogP contribution < -0.4 is 11.1 Å². The number of benzene rings is 1. The monoisotopic (exact) mass is 162 g/mol. The van der Waals surface area contributed by atoms with Gasteiger partial charge in [-0.1, -0.05) is 6.07 Å². The van der Waals surface area contributed by atoms with Crippen molar-refractivity contribution in [1.82, 2.24) is 0 Å². The van der Waals surface area contributed by atoms with Gasteiger partial charge >= 0.3 is 0 Å². The molecule has 12 heavy (non-hydrogen) atoms. The number of fused-ring (bicyclic) bond motifs is 1. The van der Waals surface area contributed by atoms with Gasteiger partial charge in [0.2, 0.25) is 0 Å². The van der Waals surface area contributed by atoms with Gasteiger partial charge in [-0.15, -0.1) is 0 Å². The van der Waals surface area contributed by atoms with Crippen LogP contribution in [0.1, 0.15) is 17.5 Å². The van der Waals surface area contributed by atoms with Crippen LogP contribution in [0, 0.1) is 0 Å². The number of hydrogen-bond acceptors (Lipinski definition) is 2. The van der Waals surface area contributed by atoms with E-state index >= 15 is 0 Å². The van der Waals surface area contributed by atoms with E-state index in [9.17, 15) is 0 Å². The molecule has 0 fully saturated rings. The lowest BCUT2D eigenvalue weighted by Crippen LogP contribution is -2.10. The Morgan fingerprint density at radius 1 is 1.25 bits per heavy atom. The highest BCUT2D eigenvalue weighted by molar-refractivity contribution is 5.49. The van der Waals surface area contributed by atoms with Gasteiger partial charge in [0.25, 0.3) is 0 Å². The van der Waals surface area contributed by atoms with E-state index in [2.05, 4.69) is 23.5 Å². The van der Waals surface area contributed by atoms with Crippen LogP contribution in [0.4, 0.5) is 5.69 Å². The van der Waals surface area contributed by atoms with Crippen molar-refractivity contribution >= 4 is 5.69 Å². The van der Waals surface area contributed by atoms with Crippen LogP contribution in [0.25, 0.3) is 0 Å². The Labute approximate surface area is 72.8 Å². The van der Waals surface area contributed by atoms with Crippen molar-refractivity contribution in [2.45, 2.75) is 19.3 Å². The van der Waals surface area contributed by atoms with Crippen LogP contribution >= 0.6 is 0 Å². The molecule has 2 heteroatoms. The minimum atomic E-state index is 0.513. The van der Waals surface area contributed by atoms with Gasteiger partial charge in [0, 0.05) is 5.69 Å².